The summed E-state index contributed by atoms with van der Waals surface area (Å²) in [5.74, 6) is 0.985. The molecule has 0 aliphatic heterocycles. The summed E-state index contributed by atoms with van der Waals surface area (Å²) in [6.07, 6.45) is 1.58. The highest BCUT2D eigenvalue weighted by Gasteiger charge is 2.14. The molecule has 0 unspecified atom stereocenters. The second-order valence-electron chi connectivity index (χ2n) is 4.27. The van der Waals surface area contributed by atoms with Crippen molar-refractivity contribution in [3.8, 4) is 11.5 Å². The van der Waals surface area contributed by atoms with E-state index in [-0.39, 0.29) is 12.5 Å². The zero-order chi connectivity index (χ0) is 14.4. The lowest BCUT2D eigenvalue weighted by atomic mass is 10.3. The van der Waals surface area contributed by atoms with Gasteiger partial charge in [-0.05, 0) is 25.6 Å². The van der Waals surface area contributed by atoms with Crippen molar-refractivity contribution >= 4 is 5.97 Å². The van der Waals surface area contributed by atoms with E-state index >= 15 is 0 Å². The minimum Gasteiger partial charge on any atom is -0.465 e. The highest BCUT2D eigenvalue weighted by Crippen LogP contribution is 2.21. The van der Waals surface area contributed by atoms with Gasteiger partial charge < -0.3 is 13.7 Å². The SMILES string of the molecule is CCOC(=O)CN(CC)Cc1cc(-c2ccco2)on1. The summed E-state index contributed by atoms with van der Waals surface area (Å²) in [6.45, 7) is 5.66. The maximum Gasteiger partial charge on any atom is 0.320 e. The zero-order valence-corrected chi connectivity index (χ0v) is 11.7. The number of ether oxygens (including phenoxy) is 1. The third-order valence-corrected chi connectivity index (χ3v) is 2.81. The Balaban J connectivity index is 1.96. The monoisotopic (exact) mass is 278 g/mol. The number of hydrogen-bond acceptors (Lipinski definition) is 6. The molecule has 0 aromatic carbocycles. The summed E-state index contributed by atoms with van der Waals surface area (Å²) < 4.78 is 15.4. The van der Waals surface area contributed by atoms with Gasteiger partial charge in [0.25, 0.3) is 0 Å². The number of esters is 1. The number of rotatable bonds is 7. The first-order chi connectivity index (χ1) is 9.72. The lowest BCUT2D eigenvalue weighted by Crippen LogP contribution is -2.30. The Morgan fingerprint density at radius 2 is 2.25 bits per heavy atom. The summed E-state index contributed by atoms with van der Waals surface area (Å²) in [5, 5.41) is 3.98. The molecule has 0 amide bonds. The van der Waals surface area contributed by atoms with E-state index in [0.29, 0.717) is 24.7 Å². The summed E-state index contributed by atoms with van der Waals surface area (Å²) in [7, 11) is 0. The van der Waals surface area contributed by atoms with Crippen molar-refractivity contribution < 1.29 is 18.5 Å². The molecule has 0 aliphatic carbocycles. The average Bonchev–Trinajstić information content (AvgIpc) is 3.08. The van der Waals surface area contributed by atoms with Gasteiger partial charge in [-0.1, -0.05) is 12.1 Å². The molecule has 0 N–H and O–H groups in total. The summed E-state index contributed by atoms with van der Waals surface area (Å²) in [6, 6.07) is 5.41. The van der Waals surface area contributed by atoms with E-state index in [1.807, 2.05) is 17.9 Å². The first-order valence-corrected chi connectivity index (χ1v) is 6.60. The molecule has 0 bridgehead atoms. The minimum absolute atomic E-state index is 0.232. The van der Waals surface area contributed by atoms with Crippen LogP contribution in [0.3, 0.4) is 0 Å². The van der Waals surface area contributed by atoms with Crippen LogP contribution in [0.15, 0.2) is 33.4 Å². The van der Waals surface area contributed by atoms with Crippen molar-refractivity contribution in [2.45, 2.75) is 20.4 Å². The van der Waals surface area contributed by atoms with E-state index in [4.69, 9.17) is 13.7 Å². The van der Waals surface area contributed by atoms with Crippen molar-refractivity contribution in [2.75, 3.05) is 19.7 Å². The largest absolute Gasteiger partial charge is 0.465 e. The number of furan rings is 1. The van der Waals surface area contributed by atoms with Gasteiger partial charge >= 0.3 is 5.97 Å². The molecule has 0 saturated carbocycles. The van der Waals surface area contributed by atoms with Gasteiger partial charge in [0.2, 0.25) is 5.76 Å². The summed E-state index contributed by atoms with van der Waals surface area (Å²) in [5.41, 5.74) is 0.752. The number of carbonyl (C=O) groups is 1. The van der Waals surface area contributed by atoms with Gasteiger partial charge in [-0.15, -0.1) is 0 Å². The molecule has 0 atom stereocenters. The van der Waals surface area contributed by atoms with Gasteiger partial charge in [0.15, 0.2) is 5.76 Å². The van der Waals surface area contributed by atoms with Gasteiger partial charge in [-0.3, -0.25) is 9.69 Å². The summed E-state index contributed by atoms with van der Waals surface area (Å²) in [4.78, 5) is 13.4. The quantitative estimate of drug-likeness (QED) is 0.724. The number of carbonyl (C=O) groups excluding carboxylic acids is 1. The predicted molar refractivity (Wildman–Crippen MR) is 71.8 cm³/mol. The molecule has 2 heterocycles. The van der Waals surface area contributed by atoms with Crippen LogP contribution in [0.2, 0.25) is 0 Å². The molecule has 2 aromatic rings. The first kappa shape index (κ1) is 14.3. The molecular weight excluding hydrogens is 260 g/mol. The van der Waals surface area contributed by atoms with Gasteiger partial charge in [0, 0.05) is 12.6 Å². The molecular formula is C14H18N2O4. The third kappa shape index (κ3) is 3.71. The molecule has 108 valence electrons. The fourth-order valence-electron chi connectivity index (χ4n) is 1.82. The van der Waals surface area contributed by atoms with Crippen LogP contribution in [0.1, 0.15) is 19.5 Å². The predicted octanol–water partition coefficient (Wildman–Crippen LogP) is 2.32. The lowest BCUT2D eigenvalue weighted by molar-refractivity contribution is -0.144. The normalized spacial score (nSPS) is 10.9. The molecule has 0 fully saturated rings. The van der Waals surface area contributed by atoms with Crippen LogP contribution in [0.5, 0.6) is 0 Å². The van der Waals surface area contributed by atoms with Crippen LogP contribution in [0.4, 0.5) is 0 Å². The molecule has 20 heavy (non-hydrogen) atoms. The van der Waals surface area contributed by atoms with Crippen LogP contribution in [0, 0.1) is 0 Å². The number of likely N-dealkylation sites (N-methyl/N-ethyl adjacent to an activating group) is 1. The topological polar surface area (TPSA) is 68.7 Å². The number of aromatic nitrogens is 1. The Morgan fingerprint density at radius 1 is 1.40 bits per heavy atom. The van der Waals surface area contributed by atoms with Crippen molar-refractivity contribution in [1.29, 1.82) is 0 Å². The van der Waals surface area contributed by atoms with E-state index in [1.165, 1.54) is 0 Å². The zero-order valence-electron chi connectivity index (χ0n) is 11.7. The standard InChI is InChI=1S/C14H18N2O4/c1-3-16(10-14(17)18-4-2)9-11-8-13(20-15-11)12-6-5-7-19-12/h5-8H,3-4,9-10H2,1-2H3. The highest BCUT2D eigenvalue weighted by atomic mass is 16.5. The number of hydrogen-bond donors (Lipinski definition) is 0. The van der Waals surface area contributed by atoms with Gasteiger partial charge in [0.1, 0.15) is 0 Å². The van der Waals surface area contributed by atoms with Crippen LogP contribution in [-0.4, -0.2) is 35.7 Å². The molecule has 6 nitrogen and oxygen atoms in total. The average molecular weight is 278 g/mol. The first-order valence-electron chi connectivity index (χ1n) is 6.60. The Kier molecular flexibility index (Phi) is 4.95. The van der Waals surface area contributed by atoms with E-state index in [1.54, 1.807) is 25.3 Å². The third-order valence-electron chi connectivity index (χ3n) is 2.81. The van der Waals surface area contributed by atoms with Crippen LogP contribution in [-0.2, 0) is 16.1 Å². The van der Waals surface area contributed by atoms with Gasteiger partial charge in [-0.25, -0.2) is 0 Å². The maximum absolute atomic E-state index is 11.5. The molecule has 0 aliphatic rings. The second-order valence-corrected chi connectivity index (χ2v) is 4.27. The van der Waals surface area contributed by atoms with Crippen LogP contribution in [0.25, 0.3) is 11.5 Å². The number of nitrogens with zero attached hydrogens (tertiary/aromatic N) is 2. The summed E-state index contributed by atoms with van der Waals surface area (Å²) >= 11 is 0. The Bertz CT molecular complexity index is 533. The van der Waals surface area contributed by atoms with Crippen molar-refractivity contribution in [3.05, 3.63) is 30.2 Å². The van der Waals surface area contributed by atoms with Crippen LogP contribution >= 0.6 is 0 Å². The van der Waals surface area contributed by atoms with Gasteiger partial charge in [-0.2, -0.15) is 0 Å². The van der Waals surface area contributed by atoms with Crippen molar-refractivity contribution in [1.82, 2.24) is 10.1 Å². The van der Waals surface area contributed by atoms with Gasteiger partial charge in [0.05, 0.1) is 25.1 Å². The maximum atomic E-state index is 11.5. The Labute approximate surface area is 117 Å². The van der Waals surface area contributed by atoms with E-state index in [0.717, 1.165) is 12.2 Å². The van der Waals surface area contributed by atoms with Crippen molar-refractivity contribution in [2.24, 2.45) is 0 Å². The Hall–Kier alpha value is -2.08. The minimum atomic E-state index is -0.232. The van der Waals surface area contributed by atoms with E-state index in [9.17, 15) is 4.79 Å². The van der Waals surface area contributed by atoms with Crippen molar-refractivity contribution in [3.63, 3.8) is 0 Å². The smallest absolute Gasteiger partial charge is 0.320 e. The molecule has 0 saturated heterocycles. The molecule has 2 aromatic heterocycles. The molecule has 2 rings (SSSR count). The second kappa shape index (κ2) is 6.91. The lowest BCUT2D eigenvalue weighted by Gasteiger charge is -2.17. The van der Waals surface area contributed by atoms with E-state index in [2.05, 4.69) is 5.16 Å². The van der Waals surface area contributed by atoms with Crippen LogP contribution < -0.4 is 0 Å². The highest BCUT2D eigenvalue weighted by molar-refractivity contribution is 5.71. The Morgan fingerprint density at radius 3 is 2.90 bits per heavy atom. The molecule has 0 spiro atoms. The fraction of sp³-hybridized carbons (Fsp3) is 0.429. The molecule has 0 radical (unpaired) electrons. The van der Waals surface area contributed by atoms with E-state index < -0.39 is 0 Å². The molecule has 6 heteroatoms. The fourth-order valence-corrected chi connectivity index (χ4v) is 1.82.